The molecule has 1 heteroatoms. The van der Waals surface area contributed by atoms with Crippen LogP contribution in [-0.4, -0.2) is 0 Å². The zero-order valence-corrected chi connectivity index (χ0v) is 4.44. The zero-order chi connectivity index (χ0) is 6.41. The molecule has 0 spiro atoms. The van der Waals surface area contributed by atoms with E-state index >= 15 is 0 Å². The molecule has 0 rings (SSSR count). The number of hydrogen-bond donors (Lipinski definition) is 0. The van der Waals surface area contributed by atoms with Crippen LogP contribution in [0.15, 0.2) is 24.8 Å². The van der Waals surface area contributed by atoms with Crippen molar-refractivity contribution < 1.29 is 0 Å². The van der Waals surface area contributed by atoms with Crippen molar-refractivity contribution in [2.75, 3.05) is 0 Å². The zero-order valence-electron chi connectivity index (χ0n) is 4.44. The summed E-state index contributed by atoms with van der Waals surface area (Å²) >= 11 is 0. The van der Waals surface area contributed by atoms with Crippen LogP contribution in [0.5, 0.6) is 0 Å². The van der Waals surface area contributed by atoms with Crippen LogP contribution >= 0.6 is 0 Å². The highest BCUT2D eigenvalue weighted by atomic mass is 14.2. The van der Waals surface area contributed by atoms with E-state index in [4.69, 9.17) is 5.26 Å². The van der Waals surface area contributed by atoms with Crippen LogP contribution in [0.2, 0.25) is 0 Å². The Morgan fingerprint density at radius 1 is 1.62 bits per heavy atom. The third kappa shape index (κ3) is 2.75. The molecule has 0 heterocycles. The first kappa shape index (κ1) is 6.53. The summed E-state index contributed by atoms with van der Waals surface area (Å²) in [6.45, 7) is 6.87. The van der Waals surface area contributed by atoms with Gasteiger partial charge in [-0.3, -0.25) is 0 Å². The summed E-state index contributed by atoms with van der Waals surface area (Å²) in [7, 11) is 0. The lowest BCUT2D eigenvalue weighted by Gasteiger charge is -1.73. The minimum Gasteiger partial charge on any atom is -0.183 e. The summed E-state index contributed by atoms with van der Waals surface area (Å²) in [4.78, 5) is 0. The van der Waals surface area contributed by atoms with E-state index in [1.165, 1.54) is 6.08 Å². The number of allylic oxidation sites excluding steroid dienone is 2. The monoisotopic (exact) mass is 103 g/mol. The van der Waals surface area contributed by atoms with Gasteiger partial charge in [-0.05, 0) is 0 Å². The summed E-state index contributed by atoms with van der Waals surface area (Å²) in [5, 5.41) is 7.91. The predicted molar refractivity (Wildman–Crippen MR) is 32.7 cm³/mol. The van der Waals surface area contributed by atoms with Gasteiger partial charge in [0.2, 0.25) is 0 Å². The molecule has 38 valence electrons. The largest absolute Gasteiger partial charge is 0.183 e. The first-order valence-corrected chi connectivity index (χ1v) is 2.02. The van der Waals surface area contributed by atoms with Gasteiger partial charge in [0.25, 0.3) is 0 Å². The maximum absolute atomic E-state index is 7.91. The molecule has 0 saturated carbocycles. The van der Waals surface area contributed by atoms with Gasteiger partial charge >= 0.3 is 0 Å². The van der Waals surface area contributed by atoms with Crippen LogP contribution in [0.25, 0.3) is 0 Å². The van der Waals surface area contributed by atoms with Crippen LogP contribution in [-0.2, 0) is 0 Å². The quantitative estimate of drug-likeness (QED) is 0.362. The Balaban J connectivity index is 3.93. The fraction of sp³-hybridized carbons (Fsp3) is 0. The Labute approximate surface area is 48.9 Å². The molecule has 0 aliphatic heterocycles. The number of hydrogen-bond acceptors (Lipinski definition) is 1. The molecule has 0 N–H and O–H groups in total. The molecule has 1 nitrogen and oxygen atoms in total. The Morgan fingerprint density at radius 2 is 2.25 bits per heavy atom. The summed E-state index contributed by atoms with van der Waals surface area (Å²) in [6, 6.07) is 1.66. The predicted octanol–water partition coefficient (Wildman–Crippen LogP) is 1.26. The maximum atomic E-state index is 7.91. The lowest BCUT2D eigenvalue weighted by atomic mass is 10.3. The van der Waals surface area contributed by atoms with Crippen molar-refractivity contribution in [3.63, 3.8) is 0 Å². The standard InChI is InChI=1S/C7H5N/c1-3-7(2)5-4-6-8/h3H,1-2H2. The highest BCUT2D eigenvalue weighted by Gasteiger charge is 1.70. The molecule has 0 aromatic rings. The second-order valence-electron chi connectivity index (χ2n) is 1.09. The minimum absolute atomic E-state index is 0.576. The normalized spacial score (nSPS) is 5.38. The van der Waals surface area contributed by atoms with Crippen molar-refractivity contribution in [2.45, 2.75) is 0 Å². The lowest BCUT2D eigenvalue weighted by Crippen LogP contribution is -1.61. The first-order valence-electron chi connectivity index (χ1n) is 2.02. The molecule has 0 saturated heterocycles. The molecule has 0 aliphatic carbocycles. The molecule has 0 aromatic heterocycles. The molecule has 0 aliphatic rings. The molecule has 0 atom stereocenters. The fourth-order valence-electron chi connectivity index (χ4n) is 0.159. The van der Waals surface area contributed by atoms with E-state index in [1.807, 2.05) is 0 Å². The smallest absolute Gasteiger partial charge is 0.152 e. The highest BCUT2D eigenvalue weighted by Crippen LogP contribution is 1.83. The molecule has 0 amide bonds. The third-order valence-electron chi connectivity index (χ3n) is 0.525. The van der Waals surface area contributed by atoms with Gasteiger partial charge in [-0.1, -0.05) is 25.2 Å². The Kier molecular flexibility index (Phi) is 3.03. The summed E-state index contributed by atoms with van der Waals surface area (Å²) < 4.78 is 0. The molecule has 0 fully saturated rings. The van der Waals surface area contributed by atoms with E-state index < -0.39 is 0 Å². The van der Waals surface area contributed by atoms with Gasteiger partial charge in [-0.15, -0.1) is 0 Å². The molecule has 0 aromatic carbocycles. The minimum atomic E-state index is 0.576. The van der Waals surface area contributed by atoms with E-state index in [9.17, 15) is 0 Å². The lowest BCUT2D eigenvalue weighted by molar-refractivity contribution is 1.55. The number of nitrogens with zero attached hydrogens (tertiary/aromatic N) is 1. The van der Waals surface area contributed by atoms with Gasteiger partial charge in [-0.25, -0.2) is 0 Å². The molecule has 0 unspecified atom stereocenters. The van der Waals surface area contributed by atoms with Crippen LogP contribution in [0, 0.1) is 23.2 Å². The summed E-state index contributed by atoms with van der Waals surface area (Å²) in [5.41, 5.74) is 0.576. The molecule has 8 heavy (non-hydrogen) atoms. The molecular weight excluding hydrogens is 98.1 g/mol. The van der Waals surface area contributed by atoms with Gasteiger partial charge in [0.05, 0.1) is 0 Å². The highest BCUT2D eigenvalue weighted by molar-refractivity contribution is 5.37. The number of nitriles is 1. The van der Waals surface area contributed by atoms with Crippen LogP contribution in [0.3, 0.4) is 0 Å². The summed E-state index contributed by atoms with van der Waals surface area (Å²) in [5.74, 6) is 4.64. The van der Waals surface area contributed by atoms with Crippen LogP contribution in [0.4, 0.5) is 0 Å². The van der Waals surface area contributed by atoms with Crippen LogP contribution < -0.4 is 0 Å². The second kappa shape index (κ2) is 3.71. The summed E-state index contributed by atoms with van der Waals surface area (Å²) in [6.07, 6.45) is 1.50. The maximum Gasteiger partial charge on any atom is 0.152 e. The van der Waals surface area contributed by atoms with Crippen molar-refractivity contribution in [3.05, 3.63) is 24.8 Å². The average molecular weight is 103 g/mol. The van der Waals surface area contributed by atoms with Gasteiger partial charge in [0.1, 0.15) is 0 Å². The van der Waals surface area contributed by atoms with E-state index in [0.717, 1.165) is 0 Å². The average Bonchev–Trinajstić information content (AvgIpc) is 1.83. The van der Waals surface area contributed by atoms with Crippen molar-refractivity contribution in [1.82, 2.24) is 0 Å². The second-order valence-corrected chi connectivity index (χ2v) is 1.09. The van der Waals surface area contributed by atoms with Gasteiger partial charge < -0.3 is 0 Å². The SMILES string of the molecule is C=CC(=C)C#CC#N. The van der Waals surface area contributed by atoms with Gasteiger partial charge in [-0.2, -0.15) is 5.26 Å². The van der Waals surface area contributed by atoms with E-state index in [2.05, 4.69) is 25.0 Å². The molecule has 0 radical (unpaired) electrons. The Bertz CT molecular complexity index is 195. The van der Waals surface area contributed by atoms with Gasteiger partial charge in [0, 0.05) is 11.5 Å². The fourth-order valence-corrected chi connectivity index (χ4v) is 0.159. The van der Waals surface area contributed by atoms with Gasteiger partial charge in [0.15, 0.2) is 6.07 Å². The Hall–Kier alpha value is -1.47. The van der Waals surface area contributed by atoms with Crippen molar-refractivity contribution in [1.29, 1.82) is 5.26 Å². The third-order valence-corrected chi connectivity index (χ3v) is 0.525. The van der Waals surface area contributed by atoms with E-state index in [-0.39, 0.29) is 0 Å². The van der Waals surface area contributed by atoms with E-state index in [0.29, 0.717) is 5.57 Å². The molecule has 0 bridgehead atoms. The Morgan fingerprint density at radius 3 is 2.62 bits per heavy atom. The number of rotatable bonds is 1. The van der Waals surface area contributed by atoms with Crippen molar-refractivity contribution in [3.8, 4) is 17.9 Å². The van der Waals surface area contributed by atoms with Crippen molar-refractivity contribution in [2.24, 2.45) is 0 Å². The van der Waals surface area contributed by atoms with Crippen LogP contribution in [0.1, 0.15) is 0 Å². The topological polar surface area (TPSA) is 23.8 Å². The molecular formula is C7H5N. The van der Waals surface area contributed by atoms with Crippen molar-refractivity contribution >= 4 is 0 Å². The first-order chi connectivity index (χ1) is 3.81. The van der Waals surface area contributed by atoms with E-state index in [1.54, 1.807) is 6.07 Å².